The van der Waals surface area contributed by atoms with Crippen molar-refractivity contribution in [1.29, 1.82) is 0 Å². The molecule has 2 N–H and O–H groups in total. The van der Waals surface area contributed by atoms with Crippen LogP contribution in [0, 0.1) is 0 Å². The molecule has 0 unspecified atom stereocenters. The van der Waals surface area contributed by atoms with Gasteiger partial charge in [0.25, 0.3) is 0 Å². The summed E-state index contributed by atoms with van der Waals surface area (Å²) in [5.41, 5.74) is 2.70. The number of aromatic nitrogens is 3. The molecule has 1 aliphatic heterocycles. The Labute approximate surface area is 165 Å². The van der Waals surface area contributed by atoms with Gasteiger partial charge in [0, 0.05) is 23.8 Å². The molecule has 0 saturated carbocycles. The lowest BCUT2D eigenvalue weighted by Gasteiger charge is -2.21. The van der Waals surface area contributed by atoms with Gasteiger partial charge in [-0.15, -0.1) is 11.3 Å². The Morgan fingerprint density at radius 3 is 2.89 bits per heavy atom. The number of nitrogens with one attached hydrogen (secondary N) is 2. The van der Waals surface area contributed by atoms with Crippen LogP contribution in [-0.2, 0) is 6.61 Å². The van der Waals surface area contributed by atoms with Gasteiger partial charge < -0.3 is 20.1 Å². The van der Waals surface area contributed by atoms with E-state index in [0.717, 1.165) is 45.3 Å². The summed E-state index contributed by atoms with van der Waals surface area (Å²) < 4.78 is 11.7. The van der Waals surface area contributed by atoms with Crippen molar-refractivity contribution in [1.82, 2.24) is 15.0 Å². The molecule has 8 heteroatoms. The van der Waals surface area contributed by atoms with Crippen molar-refractivity contribution < 1.29 is 9.47 Å². The highest BCUT2D eigenvalue weighted by atomic mass is 32.1. The zero-order valence-corrected chi connectivity index (χ0v) is 15.7. The monoisotopic (exact) mass is 391 g/mol. The summed E-state index contributed by atoms with van der Waals surface area (Å²) in [4.78, 5) is 13.0. The van der Waals surface area contributed by atoms with E-state index in [1.165, 1.54) is 0 Å². The highest BCUT2D eigenvalue weighted by Crippen LogP contribution is 2.39. The Kier molecular flexibility index (Phi) is 4.38. The maximum atomic E-state index is 5.89. The molecule has 140 valence electrons. The second-order valence-electron chi connectivity index (χ2n) is 6.20. The van der Waals surface area contributed by atoms with Gasteiger partial charge in [0.15, 0.2) is 5.75 Å². The average molecular weight is 391 g/mol. The lowest BCUT2D eigenvalue weighted by molar-refractivity contribution is 0.305. The maximum absolute atomic E-state index is 5.89. The van der Waals surface area contributed by atoms with Crippen molar-refractivity contribution in [3.63, 3.8) is 0 Å². The molecule has 0 saturated heterocycles. The van der Waals surface area contributed by atoms with E-state index < -0.39 is 0 Å². The van der Waals surface area contributed by atoms with Crippen LogP contribution in [0.1, 0.15) is 5.01 Å². The third-order valence-electron chi connectivity index (χ3n) is 4.38. The quantitative estimate of drug-likeness (QED) is 0.527. The minimum absolute atomic E-state index is 0.470. The average Bonchev–Trinajstić information content (AvgIpc) is 3.27. The van der Waals surface area contributed by atoms with E-state index in [0.29, 0.717) is 19.0 Å². The molecule has 4 aromatic rings. The summed E-state index contributed by atoms with van der Waals surface area (Å²) >= 11 is 1.58. The first-order valence-electron chi connectivity index (χ1n) is 8.89. The van der Waals surface area contributed by atoms with Crippen LogP contribution in [-0.4, -0.2) is 28.1 Å². The fourth-order valence-corrected chi connectivity index (χ4v) is 3.61. The van der Waals surface area contributed by atoms with Gasteiger partial charge in [-0.2, -0.15) is 0 Å². The number of hydrogen-bond donors (Lipinski definition) is 2. The number of anilines is 3. The van der Waals surface area contributed by atoms with Crippen LogP contribution in [0.2, 0.25) is 0 Å². The van der Waals surface area contributed by atoms with Gasteiger partial charge in [0.2, 0.25) is 0 Å². The first kappa shape index (κ1) is 16.8. The number of rotatable bonds is 5. The Balaban J connectivity index is 1.39. The fourth-order valence-electron chi connectivity index (χ4n) is 3.09. The van der Waals surface area contributed by atoms with Crippen LogP contribution < -0.4 is 20.1 Å². The molecule has 2 aromatic carbocycles. The van der Waals surface area contributed by atoms with Gasteiger partial charge in [-0.25, -0.2) is 15.0 Å². The Morgan fingerprint density at radius 2 is 2.04 bits per heavy atom. The van der Waals surface area contributed by atoms with Crippen molar-refractivity contribution in [3.05, 3.63) is 59.3 Å². The van der Waals surface area contributed by atoms with Gasteiger partial charge in [0.1, 0.15) is 36.1 Å². The lowest BCUT2D eigenvalue weighted by Crippen LogP contribution is -2.18. The first-order chi connectivity index (χ1) is 13.9. The number of nitrogens with zero attached hydrogens (tertiary/aromatic N) is 3. The molecular formula is C20H17N5O2S. The van der Waals surface area contributed by atoms with Crippen molar-refractivity contribution >= 4 is 39.4 Å². The molecule has 0 aliphatic carbocycles. The molecule has 2 aromatic heterocycles. The van der Waals surface area contributed by atoms with Gasteiger partial charge in [-0.3, -0.25) is 0 Å². The SMILES string of the molecule is c1csc(COc2ccc(Nc3ncnc4ccc5c(c34)OCCN5)cc2)n1. The molecule has 5 rings (SSSR count). The highest BCUT2D eigenvalue weighted by molar-refractivity contribution is 7.09. The van der Waals surface area contributed by atoms with Gasteiger partial charge in [0.05, 0.1) is 16.6 Å². The van der Waals surface area contributed by atoms with Crippen molar-refractivity contribution in [2.45, 2.75) is 6.61 Å². The standard InChI is InChI=1S/C20H17N5O2S/c1-3-14(27-11-17-22-8-10-28-17)4-2-13(1)25-20-18-15(23-12-24-20)5-6-16-19(18)26-9-7-21-16/h1-6,8,10,12,21H,7,9,11H2,(H,23,24,25). The molecule has 0 fully saturated rings. The van der Waals surface area contributed by atoms with E-state index in [-0.39, 0.29) is 0 Å². The second-order valence-corrected chi connectivity index (χ2v) is 7.18. The maximum Gasteiger partial charge on any atom is 0.155 e. The Bertz CT molecular complexity index is 1100. The van der Waals surface area contributed by atoms with E-state index in [9.17, 15) is 0 Å². The van der Waals surface area contributed by atoms with E-state index in [1.807, 2.05) is 41.8 Å². The van der Waals surface area contributed by atoms with Gasteiger partial charge in [-0.05, 0) is 36.4 Å². The number of hydrogen-bond acceptors (Lipinski definition) is 8. The molecule has 1 aliphatic rings. The lowest BCUT2D eigenvalue weighted by atomic mass is 10.1. The predicted octanol–water partition coefficient (Wildman–Crippen LogP) is 4.21. The van der Waals surface area contributed by atoms with Crippen LogP contribution >= 0.6 is 11.3 Å². The summed E-state index contributed by atoms with van der Waals surface area (Å²) in [6, 6.07) is 11.7. The molecular weight excluding hydrogens is 374 g/mol. The third-order valence-corrected chi connectivity index (χ3v) is 5.14. The molecule has 0 radical (unpaired) electrons. The topological polar surface area (TPSA) is 81.2 Å². The van der Waals surface area contributed by atoms with Crippen LogP contribution in [0.3, 0.4) is 0 Å². The molecule has 3 heterocycles. The Hall–Kier alpha value is -3.39. The summed E-state index contributed by atoms with van der Waals surface area (Å²) in [5, 5.41) is 10.5. The number of fused-ring (bicyclic) bond motifs is 3. The molecule has 0 amide bonds. The third kappa shape index (κ3) is 3.29. The zero-order chi connectivity index (χ0) is 18.8. The van der Waals surface area contributed by atoms with Crippen molar-refractivity contribution in [2.75, 3.05) is 23.8 Å². The molecule has 7 nitrogen and oxygen atoms in total. The van der Waals surface area contributed by atoms with E-state index >= 15 is 0 Å². The van der Waals surface area contributed by atoms with Crippen LogP contribution in [0.5, 0.6) is 11.5 Å². The zero-order valence-electron chi connectivity index (χ0n) is 14.9. The van der Waals surface area contributed by atoms with Crippen LogP contribution in [0.15, 0.2) is 54.3 Å². The smallest absolute Gasteiger partial charge is 0.155 e. The summed E-state index contributed by atoms with van der Waals surface area (Å²) in [6.07, 6.45) is 3.33. The first-order valence-corrected chi connectivity index (χ1v) is 9.77. The summed E-state index contributed by atoms with van der Waals surface area (Å²) in [7, 11) is 0. The number of thiazole rings is 1. The predicted molar refractivity (Wildman–Crippen MR) is 110 cm³/mol. The fraction of sp³-hybridized carbons (Fsp3) is 0.150. The summed E-state index contributed by atoms with van der Waals surface area (Å²) in [6.45, 7) is 1.88. The van der Waals surface area contributed by atoms with Crippen molar-refractivity contribution in [3.8, 4) is 11.5 Å². The molecule has 0 spiro atoms. The highest BCUT2D eigenvalue weighted by Gasteiger charge is 2.17. The second kappa shape index (κ2) is 7.32. The largest absolute Gasteiger partial charge is 0.489 e. The van der Waals surface area contributed by atoms with E-state index in [2.05, 4.69) is 25.6 Å². The minimum atomic E-state index is 0.470. The molecule has 28 heavy (non-hydrogen) atoms. The van der Waals surface area contributed by atoms with Gasteiger partial charge >= 0.3 is 0 Å². The molecule has 0 bridgehead atoms. The summed E-state index contributed by atoms with van der Waals surface area (Å²) in [5.74, 6) is 2.29. The van der Waals surface area contributed by atoms with Gasteiger partial charge in [-0.1, -0.05) is 0 Å². The van der Waals surface area contributed by atoms with Crippen LogP contribution in [0.4, 0.5) is 17.2 Å². The van der Waals surface area contributed by atoms with Crippen LogP contribution in [0.25, 0.3) is 10.9 Å². The number of ether oxygens (including phenoxy) is 2. The Morgan fingerprint density at radius 1 is 1.11 bits per heavy atom. The normalized spacial score (nSPS) is 12.7. The molecule has 0 atom stereocenters. The number of benzene rings is 2. The van der Waals surface area contributed by atoms with E-state index in [4.69, 9.17) is 9.47 Å². The van der Waals surface area contributed by atoms with Crippen molar-refractivity contribution in [2.24, 2.45) is 0 Å². The minimum Gasteiger partial charge on any atom is -0.489 e. The van der Waals surface area contributed by atoms with E-state index in [1.54, 1.807) is 23.9 Å².